The van der Waals surface area contributed by atoms with E-state index < -0.39 is 70.8 Å². The van der Waals surface area contributed by atoms with Gasteiger partial charge in [0.2, 0.25) is 0 Å². The zero-order valence-electron chi connectivity index (χ0n) is 51.1. The quantitative estimate of drug-likeness (QED) is 0.0518. The van der Waals surface area contributed by atoms with Crippen molar-refractivity contribution in [2.24, 2.45) is 0 Å². The first kappa shape index (κ1) is 63.7. The van der Waals surface area contributed by atoms with Crippen LogP contribution in [0.1, 0.15) is 157 Å². The van der Waals surface area contributed by atoms with Gasteiger partial charge in [0, 0.05) is 45.4 Å². The molecule has 6 rings (SSSR count). The summed E-state index contributed by atoms with van der Waals surface area (Å²) in [6.07, 6.45) is -0.508. The van der Waals surface area contributed by atoms with Gasteiger partial charge in [0.1, 0.15) is 102 Å². The molecule has 6 aromatic carbocycles. The lowest BCUT2D eigenvalue weighted by atomic mass is 9.90. The SMILES string of the molecule is COC(=O)c1c(C)c(C)c(OC(=O)c2c(C)c(C)c(OC(=O)c3c(C)cc(O)c(Cc4c(C)c(C(=O)Oc5c(C)c(C)c(C(=O)Oc6c(C)c(C)c(C(=O)OC)c(OC)c6C)c(OC)c5C)c(O)c(C)c4O)c3O)c(C)c2OC)c(C)c1OC. The fourth-order valence-corrected chi connectivity index (χ4v) is 10.7. The third-order valence-corrected chi connectivity index (χ3v) is 15.9. The van der Waals surface area contributed by atoms with Crippen LogP contribution < -0.4 is 37.9 Å². The average Bonchev–Trinajstić information content (AvgIpc) is 1.79. The van der Waals surface area contributed by atoms with Crippen LogP contribution in [0.25, 0.3) is 0 Å². The van der Waals surface area contributed by atoms with Crippen molar-refractivity contribution in [1.82, 2.24) is 0 Å². The number of carbonyl (C=O) groups is 6. The maximum atomic E-state index is 14.5. The molecule has 0 saturated carbocycles. The van der Waals surface area contributed by atoms with E-state index in [1.54, 1.807) is 83.1 Å². The Morgan fingerprint density at radius 3 is 0.881 bits per heavy atom. The number of hydrogen-bond donors (Lipinski definition) is 4. The first-order valence-corrected chi connectivity index (χ1v) is 26.2. The summed E-state index contributed by atoms with van der Waals surface area (Å²) in [5.74, 6) is -6.91. The topological polar surface area (TPSA) is 276 Å². The zero-order chi connectivity index (χ0) is 63.2. The number of benzene rings is 6. The Bertz CT molecular complexity index is 3820. The van der Waals surface area contributed by atoms with Gasteiger partial charge in [0.05, 0.1) is 42.7 Å². The molecule has 0 aromatic heterocycles. The lowest BCUT2D eigenvalue weighted by Crippen LogP contribution is -2.19. The molecule has 20 nitrogen and oxygen atoms in total. The Morgan fingerprint density at radius 1 is 0.298 bits per heavy atom. The number of rotatable bonds is 16. The van der Waals surface area contributed by atoms with Crippen molar-refractivity contribution >= 4 is 35.8 Å². The maximum Gasteiger partial charge on any atom is 0.347 e. The molecule has 0 spiro atoms. The zero-order valence-corrected chi connectivity index (χ0v) is 51.1. The molecule has 4 N–H and O–H groups in total. The second-order valence-electron chi connectivity index (χ2n) is 20.4. The highest BCUT2D eigenvalue weighted by atomic mass is 16.6. The summed E-state index contributed by atoms with van der Waals surface area (Å²) in [4.78, 5) is 82.8. The molecule has 0 aliphatic carbocycles. The van der Waals surface area contributed by atoms with E-state index in [1.165, 1.54) is 69.5 Å². The molecule has 0 bridgehead atoms. The molecule has 20 heteroatoms. The van der Waals surface area contributed by atoms with Crippen molar-refractivity contribution in [3.63, 3.8) is 0 Å². The van der Waals surface area contributed by atoms with Crippen molar-refractivity contribution in [2.45, 2.75) is 110 Å². The van der Waals surface area contributed by atoms with Crippen LogP contribution in [0.15, 0.2) is 6.07 Å². The highest BCUT2D eigenvalue weighted by molar-refractivity contribution is 6.03. The Kier molecular flexibility index (Phi) is 18.6. The number of ether oxygens (including phenoxy) is 10. The van der Waals surface area contributed by atoms with E-state index in [1.807, 2.05) is 0 Å². The number of phenols is 4. The highest BCUT2D eigenvalue weighted by Crippen LogP contribution is 2.47. The number of esters is 6. The van der Waals surface area contributed by atoms with Crippen LogP contribution in [-0.4, -0.2) is 98.9 Å². The minimum absolute atomic E-state index is 0.0000728. The van der Waals surface area contributed by atoms with Crippen molar-refractivity contribution in [3.8, 4) is 69.0 Å². The fourth-order valence-electron chi connectivity index (χ4n) is 10.7. The van der Waals surface area contributed by atoms with Crippen LogP contribution in [0.5, 0.6) is 69.0 Å². The molecule has 0 unspecified atom stereocenters. The summed E-state index contributed by atoms with van der Waals surface area (Å²) in [6.45, 7) is 23.7. The van der Waals surface area contributed by atoms with Crippen LogP contribution in [-0.2, 0) is 15.9 Å². The molecule has 0 amide bonds. The van der Waals surface area contributed by atoms with E-state index in [0.29, 0.717) is 55.6 Å². The molecule has 0 heterocycles. The Balaban J connectivity index is 1.35. The minimum Gasteiger partial charge on any atom is -0.508 e. The second-order valence-corrected chi connectivity index (χ2v) is 20.4. The third kappa shape index (κ3) is 10.7. The van der Waals surface area contributed by atoms with Gasteiger partial charge in [-0.3, -0.25) is 0 Å². The van der Waals surface area contributed by atoms with Gasteiger partial charge in [-0.2, -0.15) is 0 Å². The van der Waals surface area contributed by atoms with Crippen LogP contribution in [0.3, 0.4) is 0 Å². The summed E-state index contributed by atoms with van der Waals surface area (Å²) in [6, 6.07) is 1.21. The molecule has 84 heavy (non-hydrogen) atoms. The second kappa shape index (κ2) is 24.6. The number of aryl methyl sites for hydroxylation is 1. The van der Waals surface area contributed by atoms with Gasteiger partial charge in [0.25, 0.3) is 0 Å². The summed E-state index contributed by atoms with van der Waals surface area (Å²) < 4.78 is 56.7. The van der Waals surface area contributed by atoms with Crippen molar-refractivity contribution in [1.29, 1.82) is 0 Å². The van der Waals surface area contributed by atoms with Crippen molar-refractivity contribution < 1.29 is 96.6 Å². The molecule has 0 fully saturated rings. The summed E-state index contributed by atoms with van der Waals surface area (Å²) >= 11 is 0. The van der Waals surface area contributed by atoms with E-state index in [-0.39, 0.29) is 113 Å². The van der Waals surface area contributed by atoms with E-state index in [9.17, 15) is 49.2 Å². The van der Waals surface area contributed by atoms with Crippen molar-refractivity contribution in [2.75, 3.05) is 42.7 Å². The van der Waals surface area contributed by atoms with Gasteiger partial charge in [-0.15, -0.1) is 0 Å². The van der Waals surface area contributed by atoms with E-state index in [0.717, 1.165) is 0 Å². The van der Waals surface area contributed by atoms with Gasteiger partial charge in [-0.05, 0) is 166 Å². The van der Waals surface area contributed by atoms with E-state index in [2.05, 4.69) is 0 Å². The molecular weight excluding hydrogens is 1090 g/mol. The largest absolute Gasteiger partial charge is 0.508 e. The molecule has 6 aromatic rings. The van der Waals surface area contributed by atoms with Gasteiger partial charge in [-0.1, -0.05) is 0 Å². The standard InChI is InChI=1S/C64H70O20/c1-24-22-41(65)40(50(68)42(24)61(71)81-51-31(8)27(4)46(57(77-18)37(51)14)63(73)83-53-29(6)25(2)44(59(69)79-20)55(75-16)35(53)12)23-39-33(10)43(49(67)34(11)48(39)66)62(72)82-52-32(9)28(5)47(58(78-19)38(52)15)64(74)84-54-30(7)26(3)45(60(70)80-21)56(76-17)36(54)13/h22,65-68H,23H2,1-21H3. The minimum atomic E-state index is -1.09. The predicted octanol–water partition coefficient (Wildman–Crippen LogP) is 11.2. The fraction of sp³-hybridized carbons (Fsp3) is 0.344. The van der Waals surface area contributed by atoms with Gasteiger partial charge < -0.3 is 67.8 Å². The number of aromatic hydroxyl groups is 4. The first-order valence-electron chi connectivity index (χ1n) is 26.2. The number of phenolic OH excluding ortho intramolecular Hbond substituents is 4. The first-order chi connectivity index (χ1) is 39.4. The highest BCUT2D eigenvalue weighted by Gasteiger charge is 2.35. The van der Waals surface area contributed by atoms with Crippen molar-refractivity contribution in [3.05, 3.63) is 134 Å². The van der Waals surface area contributed by atoms with Crippen LogP contribution >= 0.6 is 0 Å². The Morgan fingerprint density at radius 2 is 0.583 bits per heavy atom. The third-order valence-electron chi connectivity index (χ3n) is 15.9. The normalized spacial score (nSPS) is 11.0. The molecule has 0 aliphatic heterocycles. The van der Waals surface area contributed by atoms with Crippen LogP contribution in [0, 0.1) is 104 Å². The van der Waals surface area contributed by atoms with E-state index in [4.69, 9.17) is 47.4 Å². The summed E-state index contributed by atoms with van der Waals surface area (Å²) in [7, 11) is 7.88. The lowest BCUT2D eigenvalue weighted by molar-refractivity contribution is 0.0586. The molecule has 0 aliphatic rings. The van der Waals surface area contributed by atoms with Gasteiger partial charge in [-0.25, -0.2) is 28.8 Å². The van der Waals surface area contributed by atoms with E-state index >= 15 is 0 Å². The average molecular weight is 1160 g/mol. The smallest absolute Gasteiger partial charge is 0.347 e. The molecule has 0 saturated heterocycles. The lowest BCUT2D eigenvalue weighted by Gasteiger charge is -2.23. The van der Waals surface area contributed by atoms with Crippen LogP contribution in [0.4, 0.5) is 0 Å². The summed E-state index contributed by atoms with van der Waals surface area (Å²) in [5, 5.41) is 46.5. The van der Waals surface area contributed by atoms with Crippen LogP contribution in [0.2, 0.25) is 0 Å². The number of methoxy groups -OCH3 is 6. The maximum absolute atomic E-state index is 14.5. The van der Waals surface area contributed by atoms with Gasteiger partial charge in [0.15, 0.2) is 0 Å². The predicted molar refractivity (Wildman–Crippen MR) is 308 cm³/mol. The Labute approximate surface area is 486 Å². The Hall–Kier alpha value is -9.46. The summed E-state index contributed by atoms with van der Waals surface area (Å²) in [5.41, 5.74) is 3.46. The molecule has 0 radical (unpaired) electrons. The molecular formula is C64H70O20. The van der Waals surface area contributed by atoms with Gasteiger partial charge >= 0.3 is 35.8 Å². The monoisotopic (exact) mass is 1160 g/mol. The number of hydrogen-bond acceptors (Lipinski definition) is 20. The number of carbonyl (C=O) groups excluding carboxylic acids is 6. The molecule has 0 atom stereocenters. The molecule has 446 valence electrons.